The van der Waals surface area contributed by atoms with Crippen LogP contribution < -0.4 is 11.1 Å². The highest BCUT2D eigenvalue weighted by Crippen LogP contribution is 2.08. The molecule has 1 aromatic carbocycles. The topological polar surface area (TPSA) is 90.6 Å². The number of nitrogens with one attached hydrogen (secondary N) is 1. The summed E-state index contributed by atoms with van der Waals surface area (Å²) in [4.78, 5) is 23.5. The molecule has 116 valence electrons. The number of esters is 1. The van der Waals surface area contributed by atoms with E-state index in [0.717, 1.165) is 5.56 Å². The molecule has 1 aromatic rings. The number of ether oxygens (including phenoxy) is 2. The second kappa shape index (κ2) is 7.64. The first kappa shape index (κ1) is 17.0. The van der Waals surface area contributed by atoms with Crippen LogP contribution in [0, 0.1) is 0 Å². The highest BCUT2D eigenvalue weighted by Gasteiger charge is 2.25. The zero-order valence-corrected chi connectivity index (χ0v) is 12.6. The van der Waals surface area contributed by atoms with Gasteiger partial charge < -0.3 is 20.5 Å². The van der Waals surface area contributed by atoms with Crippen molar-refractivity contribution in [3.8, 4) is 0 Å². The molecule has 21 heavy (non-hydrogen) atoms. The minimum Gasteiger partial charge on any atom is -0.458 e. The molecule has 1 unspecified atom stereocenters. The number of benzene rings is 1. The summed E-state index contributed by atoms with van der Waals surface area (Å²) in [6.07, 6.45) is -0.708. The summed E-state index contributed by atoms with van der Waals surface area (Å²) in [6, 6.07) is 8.31. The molecule has 0 aliphatic heterocycles. The molecular formula is C15H22N2O4. The fourth-order valence-corrected chi connectivity index (χ4v) is 1.49. The van der Waals surface area contributed by atoms with Crippen molar-refractivity contribution in [2.24, 2.45) is 5.73 Å². The van der Waals surface area contributed by atoms with E-state index in [1.807, 2.05) is 30.3 Å². The van der Waals surface area contributed by atoms with Crippen molar-refractivity contribution < 1.29 is 19.1 Å². The Labute approximate surface area is 124 Å². The molecule has 6 nitrogen and oxygen atoms in total. The standard InChI is InChI=1S/C15H22N2O4/c1-15(2,3)21-13(18)12(9-16)17-14(19)20-10-11-7-5-4-6-8-11/h4-8,12H,9-10,16H2,1-3H3,(H,17,19). The molecule has 0 saturated carbocycles. The largest absolute Gasteiger partial charge is 0.458 e. The average Bonchev–Trinajstić information content (AvgIpc) is 2.41. The van der Waals surface area contributed by atoms with Crippen molar-refractivity contribution in [2.45, 2.75) is 39.0 Å². The Hall–Kier alpha value is -2.08. The van der Waals surface area contributed by atoms with E-state index in [1.54, 1.807) is 20.8 Å². The minimum atomic E-state index is -0.924. The van der Waals surface area contributed by atoms with Gasteiger partial charge in [-0.15, -0.1) is 0 Å². The molecule has 1 atom stereocenters. The lowest BCUT2D eigenvalue weighted by Gasteiger charge is -2.23. The lowest BCUT2D eigenvalue weighted by molar-refractivity contribution is -0.157. The third kappa shape index (κ3) is 6.76. The molecule has 0 aromatic heterocycles. The van der Waals surface area contributed by atoms with Gasteiger partial charge >= 0.3 is 12.1 Å². The molecule has 0 radical (unpaired) electrons. The Morgan fingerprint density at radius 1 is 1.24 bits per heavy atom. The molecule has 1 amide bonds. The number of rotatable bonds is 5. The second-order valence-corrected chi connectivity index (χ2v) is 5.53. The number of hydrogen-bond acceptors (Lipinski definition) is 5. The van der Waals surface area contributed by atoms with E-state index in [9.17, 15) is 9.59 Å². The predicted octanol–water partition coefficient (Wildman–Crippen LogP) is 1.58. The summed E-state index contributed by atoms with van der Waals surface area (Å²) in [5.41, 5.74) is 5.69. The van der Waals surface area contributed by atoms with Crippen molar-refractivity contribution in [1.29, 1.82) is 0 Å². The molecule has 1 rings (SSSR count). The second-order valence-electron chi connectivity index (χ2n) is 5.53. The lowest BCUT2D eigenvalue weighted by atomic mass is 10.2. The van der Waals surface area contributed by atoms with Crippen LogP contribution in [0.2, 0.25) is 0 Å². The maximum absolute atomic E-state index is 11.8. The number of alkyl carbamates (subject to hydrolysis) is 1. The summed E-state index contributed by atoms with van der Waals surface area (Å²) in [5.74, 6) is -0.582. The van der Waals surface area contributed by atoms with Crippen LogP contribution in [0.1, 0.15) is 26.3 Å². The number of amides is 1. The van der Waals surface area contributed by atoms with E-state index in [0.29, 0.717) is 0 Å². The van der Waals surface area contributed by atoms with E-state index >= 15 is 0 Å². The first-order valence-corrected chi connectivity index (χ1v) is 6.72. The first-order valence-electron chi connectivity index (χ1n) is 6.72. The predicted molar refractivity (Wildman–Crippen MR) is 78.5 cm³/mol. The van der Waals surface area contributed by atoms with Gasteiger partial charge in [0.05, 0.1) is 0 Å². The van der Waals surface area contributed by atoms with E-state index in [1.165, 1.54) is 0 Å². The number of hydrogen-bond donors (Lipinski definition) is 2. The Morgan fingerprint density at radius 3 is 2.38 bits per heavy atom. The van der Waals surface area contributed by atoms with Gasteiger partial charge in [0.25, 0.3) is 0 Å². The number of nitrogens with two attached hydrogens (primary N) is 1. The SMILES string of the molecule is CC(C)(C)OC(=O)C(CN)NC(=O)OCc1ccccc1. The van der Waals surface area contributed by atoms with Crippen LogP contribution in [0.15, 0.2) is 30.3 Å². The summed E-state index contributed by atoms with van der Waals surface area (Å²) in [5, 5.41) is 2.40. The molecular weight excluding hydrogens is 272 g/mol. The van der Waals surface area contributed by atoms with Gasteiger partial charge in [-0.05, 0) is 26.3 Å². The van der Waals surface area contributed by atoms with Gasteiger partial charge in [-0.2, -0.15) is 0 Å². The maximum Gasteiger partial charge on any atom is 0.408 e. The zero-order chi connectivity index (χ0) is 15.9. The van der Waals surface area contributed by atoms with Gasteiger partial charge in [0.15, 0.2) is 0 Å². The number of carbonyl (C=O) groups is 2. The highest BCUT2D eigenvalue weighted by molar-refractivity contribution is 5.81. The van der Waals surface area contributed by atoms with Crippen LogP contribution in [0.25, 0.3) is 0 Å². The van der Waals surface area contributed by atoms with Gasteiger partial charge in [0.1, 0.15) is 18.2 Å². The van der Waals surface area contributed by atoms with E-state index < -0.39 is 23.7 Å². The third-order valence-corrected chi connectivity index (χ3v) is 2.43. The van der Waals surface area contributed by atoms with Gasteiger partial charge in [-0.25, -0.2) is 9.59 Å². The van der Waals surface area contributed by atoms with Gasteiger partial charge in [-0.3, -0.25) is 0 Å². The molecule has 0 heterocycles. The van der Waals surface area contributed by atoms with E-state index in [4.69, 9.17) is 15.2 Å². The third-order valence-electron chi connectivity index (χ3n) is 2.43. The molecule has 3 N–H and O–H groups in total. The summed E-state index contributed by atoms with van der Waals surface area (Å²) < 4.78 is 10.2. The van der Waals surface area contributed by atoms with Crippen molar-refractivity contribution in [3.63, 3.8) is 0 Å². The minimum absolute atomic E-state index is 0.0602. The maximum atomic E-state index is 11.8. The van der Waals surface area contributed by atoms with Crippen molar-refractivity contribution in [2.75, 3.05) is 6.54 Å². The fraction of sp³-hybridized carbons (Fsp3) is 0.467. The molecule has 6 heteroatoms. The molecule has 0 spiro atoms. The Morgan fingerprint density at radius 2 is 1.86 bits per heavy atom. The van der Waals surface area contributed by atoms with Gasteiger partial charge in [0, 0.05) is 6.54 Å². The fourth-order valence-electron chi connectivity index (χ4n) is 1.49. The van der Waals surface area contributed by atoms with Crippen LogP contribution >= 0.6 is 0 Å². The van der Waals surface area contributed by atoms with Crippen LogP contribution in [0.3, 0.4) is 0 Å². The number of carbonyl (C=O) groups excluding carboxylic acids is 2. The van der Waals surface area contributed by atoms with Crippen LogP contribution in [0.5, 0.6) is 0 Å². The highest BCUT2D eigenvalue weighted by atomic mass is 16.6. The van der Waals surface area contributed by atoms with Crippen molar-refractivity contribution in [3.05, 3.63) is 35.9 Å². The van der Waals surface area contributed by atoms with E-state index in [2.05, 4.69) is 5.32 Å². The van der Waals surface area contributed by atoms with Gasteiger partial charge in [0.2, 0.25) is 0 Å². The Kier molecular flexibility index (Phi) is 6.17. The molecule has 0 fully saturated rings. The molecule has 0 saturated heterocycles. The van der Waals surface area contributed by atoms with Crippen molar-refractivity contribution >= 4 is 12.1 Å². The lowest BCUT2D eigenvalue weighted by Crippen LogP contribution is -2.48. The van der Waals surface area contributed by atoms with Crippen molar-refractivity contribution in [1.82, 2.24) is 5.32 Å². The van der Waals surface area contributed by atoms with Crippen LogP contribution in [0.4, 0.5) is 4.79 Å². The summed E-state index contributed by atoms with van der Waals surface area (Å²) >= 11 is 0. The first-order chi connectivity index (χ1) is 9.81. The average molecular weight is 294 g/mol. The van der Waals surface area contributed by atoms with E-state index in [-0.39, 0.29) is 13.2 Å². The van der Waals surface area contributed by atoms with Crippen LogP contribution in [-0.2, 0) is 20.9 Å². The summed E-state index contributed by atoms with van der Waals surface area (Å²) in [7, 11) is 0. The quantitative estimate of drug-likeness (QED) is 0.805. The Bertz CT molecular complexity index is 468. The smallest absolute Gasteiger partial charge is 0.408 e. The van der Waals surface area contributed by atoms with Crippen LogP contribution in [-0.4, -0.2) is 30.3 Å². The zero-order valence-electron chi connectivity index (χ0n) is 12.6. The molecule has 0 aliphatic carbocycles. The molecule has 0 aliphatic rings. The molecule has 0 bridgehead atoms. The normalized spacial score (nSPS) is 12.4. The summed E-state index contributed by atoms with van der Waals surface area (Å²) in [6.45, 7) is 5.29. The van der Waals surface area contributed by atoms with Gasteiger partial charge in [-0.1, -0.05) is 30.3 Å². The Balaban J connectivity index is 2.45. The monoisotopic (exact) mass is 294 g/mol.